The molecule has 0 aliphatic heterocycles. The van der Waals surface area contributed by atoms with E-state index in [9.17, 15) is 9.18 Å². The zero-order chi connectivity index (χ0) is 10.7. The summed E-state index contributed by atoms with van der Waals surface area (Å²) in [5.41, 5.74) is -0.279. The number of halogens is 2. The zero-order valence-corrected chi connectivity index (χ0v) is 8.97. The first-order valence-electron chi connectivity index (χ1n) is 3.91. The van der Waals surface area contributed by atoms with Crippen LogP contribution in [0.15, 0.2) is 16.6 Å². The van der Waals surface area contributed by atoms with Crippen LogP contribution in [0.2, 0.25) is 0 Å². The Balaban J connectivity index is 3.13. The normalized spacial score (nSPS) is 9.93. The van der Waals surface area contributed by atoms with E-state index in [2.05, 4.69) is 20.7 Å². The molecule has 3 nitrogen and oxygen atoms in total. The molecule has 0 aliphatic carbocycles. The van der Waals surface area contributed by atoms with Gasteiger partial charge in [-0.3, -0.25) is 0 Å². The molecule has 1 N–H and O–H groups in total. The smallest absolute Gasteiger partial charge is 0.341 e. The Morgan fingerprint density at radius 2 is 2.29 bits per heavy atom. The van der Waals surface area contributed by atoms with Crippen LogP contribution in [-0.2, 0) is 4.74 Å². The van der Waals surface area contributed by atoms with Gasteiger partial charge in [-0.15, -0.1) is 0 Å². The topological polar surface area (TPSA) is 46.5 Å². The molecule has 0 fully saturated rings. The number of carbonyl (C=O) groups is 1. The Kier molecular flexibility index (Phi) is 3.46. The molecule has 1 aromatic carbocycles. The van der Waals surface area contributed by atoms with Crippen LogP contribution in [0.25, 0.3) is 0 Å². The Labute approximate surface area is 88.6 Å². The monoisotopic (exact) mass is 262 g/mol. The number of benzene rings is 1. The minimum atomic E-state index is -0.790. The number of rotatable bonds is 2. The number of aromatic hydroxyl groups is 1. The number of hydrogen-bond donors (Lipinski definition) is 1. The summed E-state index contributed by atoms with van der Waals surface area (Å²) in [7, 11) is 0. The predicted molar refractivity (Wildman–Crippen MR) is 51.7 cm³/mol. The van der Waals surface area contributed by atoms with E-state index in [0.717, 1.165) is 12.1 Å². The van der Waals surface area contributed by atoms with Crippen molar-refractivity contribution in [2.24, 2.45) is 0 Å². The van der Waals surface area contributed by atoms with Crippen molar-refractivity contribution < 1.29 is 19.0 Å². The molecule has 0 saturated heterocycles. The molecule has 0 atom stereocenters. The Morgan fingerprint density at radius 3 is 2.86 bits per heavy atom. The van der Waals surface area contributed by atoms with E-state index in [4.69, 9.17) is 5.11 Å². The first-order chi connectivity index (χ1) is 6.56. The van der Waals surface area contributed by atoms with Crippen molar-refractivity contribution in [1.82, 2.24) is 0 Å². The second-order valence-electron chi connectivity index (χ2n) is 2.51. The quantitative estimate of drug-likeness (QED) is 0.834. The van der Waals surface area contributed by atoms with Gasteiger partial charge in [0.05, 0.1) is 11.1 Å². The maximum Gasteiger partial charge on any atom is 0.341 e. The lowest BCUT2D eigenvalue weighted by molar-refractivity contribution is 0.0520. The Morgan fingerprint density at radius 1 is 1.64 bits per heavy atom. The highest BCUT2D eigenvalue weighted by Crippen LogP contribution is 2.25. The van der Waals surface area contributed by atoms with Crippen LogP contribution in [0.5, 0.6) is 5.75 Å². The summed E-state index contributed by atoms with van der Waals surface area (Å²) in [6.07, 6.45) is 0. The molecule has 0 heterocycles. The molecule has 1 rings (SSSR count). The summed E-state index contributed by atoms with van der Waals surface area (Å²) in [6.45, 7) is 1.78. The van der Waals surface area contributed by atoms with Gasteiger partial charge < -0.3 is 9.84 Å². The van der Waals surface area contributed by atoms with Crippen LogP contribution in [0.1, 0.15) is 17.3 Å². The molecule has 0 aliphatic rings. The second kappa shape index (κ2) is 4.41. The molecule has 14 heavy (non-hydrogen) atoms. The van der Waals surface area contributed by atoms with E-state index in [-0.39, 0.29) is 22.4 Å². The first-order valence-corrected chi connectivity index (χ1v) is 4.70. The van der Waals surface area contributed by atoms with Gasteiger partial charge in [-0.1, -0.05) is 0 Å². The lowest BCUT2D eigenvalue weighted by Gasteiger charge is -2.04. The van der Waals surface area contributed by atoms with E-state index in [1.54, 1.807) is 6.92 Å². The van der Waals surface area contributed by atoms with Gasteiger partial charge in [-0.25, -0.2) is 9.18 Å². The van der Waals surface area contributed by atoms with Crippen LogP contribution in [0.3, 0.4) is 0 Å². The third kappa shape index (κ3) is 2.23. The second-order valence-corrected chi connectivity index (χ2v) is 3.36. The molecule has 0 radical (unpaired) electrons. The van der Waals surface area contributed by atoms with Crippen molar-refractivity contribution in [2.45, 2.75) is 6.92 Å². The highest BCUT2D eigenvalue weighted by atomic mass is 79.9. The van der Waals surface area contributed by atoms with Crippen LogP contribution in [0.4, 0.5) is 4.39 Å². The fourth-order valence-electron chi connectivity index (χ4n) is 0.932. The van der Waals surface area contributed by atoms with Crippen LogP contribution in [0, 0.1) is 5.82 Å². The number of esters is 1. The molecule has 0 bridgehead atoms. The number of hydrogen-bond acceptors (Lipinski definition) is 3. The number of phenols is 1. The first kappa shape index (κ1) is 11.0. The van der Waals surface area contributed by atoms with E-state index >= 15 is 0 Å². The molecule has 0 saturated carbocycles. The van der Waals surface area contributed by atoms with E-state index in [1.807, 2.05) is 0 Å². The number of phenolic OH excluding ortho intramolecular Hbond substituents is 1. The summed E-state index contributed by atoms with van der Waals surface area (Å²) in [6, 6.07) is 2.19. The Hall–Kier alpha value is -1.10. The third-order valence-corrected chi connectivity index (χ3v) is 2.09. The van der Waals surface area contributed by atoms with E-state index in [1.165, 1.54) is 0 Å². The van der Waals surface area contributed by atoms with Gasteiger partial charge in [-0.05, 0) is 35.0 Å². The molecule has 76 valence electrons. The maximum absolute atomic E-state index is 13.3. The lowest BCUT2D eigenvalue weighted by Crippen LogP contribution is -2.07. The van der Waals surface area contributed by atoms with Gasteiger partial charge >= 0.3 is 5.97 Å². The SMILES string of the molecule is CCOC(=O)c1cc(O)cc(Br)c1F. The summed E-state index contributed by atoms with van der Waals surface area (Å²) < 4.78 is 17.9. The van der Waals surface area contributed by atoms with Gasteiger partial charge in [0.2, 0.25) is 0 Å². The molecule has 0 unspecified atom stereocenters. The zero-order valence-electron chi connectivity index (χ0n) is 7.38. The van der Waals surface area contributed by atoms with Gasteiger partial charge in [0, 0.05) is 0 Å². The molecule has 1 aromatic rings. The van der Waals surface area contributed by atoms with Gasteiger partial charge in [-0.2, -0.15) is 0 Å². The number of carbonyl (C=O) groups excluding carboxylic acids is 1. The van der Waals surface area contributed by atoms with Crippen LogP contribution < -0.4 is 0 Å². The van der Waals surface area contributed by atoms with Crippen molar-refractivity contribution >= 4 is 21.9 Å². The summed E-state index contributed by atoms with van der Waals surface area (Å²) in [4.78, 5) is 11.2. The maximum atomic E-state index is 13.3. The van der Waals surface area contributed by atoms with Crippen molar-refractivity contribution in [3.8, 4) is 5.75 Å². The highest BCUT2D eigenvalue weighted by molar-refractivity contribution is 9.10. The van der Waals surface area contributed by atoms with Gasteiger partial charge in [0.1, 0.15) is 11.3 Å². The lowest BCUT2D eigenvalue weighted by atomic mass is 10.2. The minimum Gasteiger partial charge on any atom is -0.508 e. The van der Waals surface area contributed by atoms with Crippen LogP contribution >= 0.6 is 15.9 Å². The summed E-state index contributed by atoms with van der Waals surface area (Å²) >= 11 is 2.87. The van der Waals surface area contributed by atoms with Crippen molar-refractivity contribution in [2.75, 3.05) is 6.61 Å². The fourth-order valence-corrected chi connectivity index (χ4v) is 1.38. The Bertz CT molecular complexity index is 365. The predicted octanol–water partition coefficient (Wildman–Crippen LogP) is 2.47. The molecule has 0 spiro atoms. The third-order valence-electron chi connectivity index (χ3n) is 1.51. The fraction of sp³-hybridized carbons (Fsp3) is 0.222. The van der Waals surface area contributed by atoms with E-state index < -0.39 is 11.8 Å². The van der Waals surface area contributed by atoms with Crippen LogP contribution in [-0.4, -0.2) is 17.7 Å². The largest absolute Gasteiger partial charge is 0.508 e. The highest BCUT2D eigenvalue weighted by Gasteiger charge is 2.16. The van der Waals surface area contributed by atoms with Crippen molar-refractivity contribution in [3.05, 3.63) is 28.0 Å². The summed E-state index contributed by atoms with van der Waals surface area (Å²) in [5.74, 6) is -1.72. The average Bonchev–Trinajstić information content (AvgIpc) is 2.11. The van der Waals surface area contributed by atoms with Crippen molar-refractivity contribution in [3.63, 3.8) is 0 Å². The molecule has 0 amide bonds. The molecular formula is C9H8BrFO3. The minimum absolute atomic E-state index is 0.0283. The molecular weight excluding hydrogens is 255 g/mol. The average molecular weight is 263 g/mol. The molecule has 0 aromatic heterocycles. The van der Waals surface area contributed by atoms with E-state index in [0.29, 0.717) is 0 Å². The van der Waals surface area contributed by atoms with Gasteiger partial charge in [0.15, 0.2) is 5.82 Å². The number of ether oxygens (including phenoxy) is 1. The standard InChI is InChI=1S/C9H8BrFO3/c1-2-14-9(13)6-3-5(12)4-7(10)8(6)11/h3-4,12H,2H2,1H3. The summed E-state index contributed by atoms with van der Waals surface area (Å²) in [5, 5.41) is 9.13. The molecule has 5 heteroatoms. The van der Waals surface area contributed by atoms with Gasteiger partial charge in [0.25, 0.3) is 0 Å². The van der Waals surface area contributed by atoms with Crippen molar-refractivity contribution in [1.29, 1.82) is 0 Å².